The van der Waals surface area contributed by atoms with Crippen molar-refractivity contribution in [2.75, 3.05) is 4.90 Å². The Bertz CT molecular complexity index is 1690. The molecule has 1 saturated heterocycles. The third-order valence-electron chi connectivity index (χ3n) is 8.00. The van der Waals surface area contributed by atoms with E-state index in [1.165, 1.54) is 12.1 Å². The number of halogens is 1. The van der Waals surface area contributed by atoms with Crippen molar-refractivity contribution in [2.45, 2.75) is 31.6 Å². The topological polar surface area (TPSA) is 70.0 Å². The predicted molar refractivity (Wildman–Crippen MR) is 165 cm³/mol. The van der Waals surface area contributed by atoms with Crippen LogP contribution in [-0.2, 0) is 11.4 Å². The van der Waals surface area contributed by atoms with Gasteiger partial charge in [0.05, 0.1) is 18.1 Å². The van der Waals surface area contributed by atoms with Crippen LogP contribution in [0.15, 0.2) is 127 Å². The second kappa shape index (κ2) is 12.5. The van der Waals surface area contributed by atoms with E-state index in [-0.39, 0.29) is 29.4 Å². The van der Waals surface area contributed by atoms with Crippen molar-refractivity contribution < 1.29 is 24.1 Å². The van der Waals surface area contributed by atoms with Crippen molar-refractivity contribution in [3.05, 3.63) is 150 Å². The molecule has 5 aromatic rings. The lowest BCUT2D eigenvalue weighted by atomic mass is 9.77. The molecule has 6 rings (SSSR count). The van der Waals surface area contributed by atoms with Crippen LogP contribution in [0.3, 0.4) is 0 Å². The third-order valence-corrected chi connectivity index (χ3v) is 8.00. The van der Waals surface area contributed by atoms with Crippen molar-refractivity contribution in [1.29, 1.82) is 0 Å². The first kappa shape index (κ1) is 28.2. The Morgan fingerprint density at radius 2 is 1.49 bits per heavy atom. The van der Waals surface area contributed by atoms with Gasteiger partial charge in [0.25, 0.3) is 0 Å². The van der Waals surface area contributed by atoms with Gasteiger partial charge < -0.3 is 19.8 Å². The van der Waals surface area contributed by atoms with Gasteiger partial charge in [-0.05, 0) is 77.6 Å². The Labute approximate surface area is 250 Å². The van der Waals surface area contributed by atoms with Crippen LogP contribution in [-0.4, -0.2) is 16.1 Å². The van der Waals surface area contributed by atoms with Crippen molar-refractivity contribution in [2.24, 2.45) is 5.92 Å². The van der Waals surface area contributed by atoms with Gasteiger partial charge in [0.2, 0.25) is 5.91 Å². The quantitative estimate of drug-likeness (QED) is 0.166. The molecule has 5 nitrogen and oxygen atoms in total. The summed E-state index contributed by atoms with van der Waals surface area (Å²) in [5, 5.41) is 21.0. The lowest BCUT2D eigenvalue weighted by molar-refractivity contribution is -0.131. The Morgan fingerprint density at radius 3 is 2.21 bits per heavy atom. The van der Waals surface area contributed by atoms with Gasteiger partial charge in [-0.2, -0.15) is 0 Å². The normalized spacial score (nSPS) is 16.9. The molecule has 43 heavy (non-hydrogen) atoms. The summed E-state index contributed by atoms with van der Waals surface area (Å²) in [7, 11) is 0. The number of hydrogen-bond donors (Lipinski definition) is 2. The molecule has 1 aliphatic rings. The van der Waals surface area contributed by atoms with E-state index in [0.29, 0.717) is 30.8 Å². The number of nitrogens with zero attached hydrogens (tertiary/aromatic N) is 1. The second-order valence-electron chi connectivity index (χ2n) is 10.8. The molecule has 1 fully saturated rings. The van der Waals surface area contributed by atoms with Gasteiger partial charge in [0.1, 0.15) is 23.9 Å². The van der Waals surface area contributed by atoms with Crippen LogP contribution < -0.4 is 9.64 Å². The monoisotopic (exact) mass is 573 g/mol. The summed E-state index contributed by atoms with van der Waals surface area (Å²) < 4.78 is 19.9. The van der Waals surface area contributed by atoms with Crippen LogP contribution in [0.2, 0.25) is 0 Å². The molecule has 0 unspecified atom stereocenters. The van der Waals surface area contributed by atoms with Crippen molar-refractivity contribution in [3.63, 3.8) is 0 Å². The Balaban J connectivity index is 1.35. The number of rotatable bonds is 10. The second-order valence-corrected chi connectivity index (χ2v) is 10.8. The summed E-state index contributed by atoms with van der Waals surface area (Å²) in [4.78, 5) is 15.5. The molecule has 6 heteroatoms. The third kappa shape index (κ3) is 6.15. The maximum Gasteiger partial charge on any atom is 0.233 e. The van der Waals surface area contributed by atoms with Gasteiger partial charge in [-0.15, -0.1) is 0 Å². The van der Waals surface area contributed by atoms with E-state index in [1.807, 2.05) is 84.9 Å². The molecule has 1 aliphatic heterocycles. The molecule has 1 heterocycles. The van der Waals surface area contributed by atoms with Gasteiger partial charge >= 0.3 is 0 Å². The highest BCUT2D eigenvalue weighted by molar-refractivity contribution is 6.03. The number of ether oxygens (including phenoxy) is 1. The standard InChI is InChI=1S/C37H32FNO4/c38-29-17-14-26(15-18-29)34(41)21-20-33-36(39(37(33)42)30-11-5-2-6-12-30)32-19-16-28(27-10-7-13-31(40)22-27)23-35(32)43-24-25-8-3-1-4-9-25/h1-19,22-23,33-34,36,40-41H,20-21,24H2/t33-,34+,36-/m1/s1. The van der Waals surface area contributed by atoms with Crippen LogP contribution in [0.25, 0.3) is 11.1 Å². The predicted octanol–water partition coefficient (Wildman–Crippen LogP) is 8.00. The number of anilines is 1. The minimum absolute atomic E-state index is 0.0198. The van der Waals surface area contributed by atoms with Crippen LogP contribution in [0, 0.1) is 11.7 Å². The van der Waals surface area contributed by atoms with E-state index < -0.39 is 6.10 Å². The first-order valence-corrected chi connectivity index (χ1v) is 14.4. The number of carbonyl (C=O) groups is 1. The van der Waals surface area contributed by atoms with Crippen LogP contribution in [0.1, 0.15) is 41.7 Å². The highest BCUT2D eigenvalue weighted by Gasteiger charge is 2.49. The summed E-state index contributed by atoms with van der Waals surface area (Å²) in [6.45, 7) is 0.345. The Morgan fingerprint density at radius 1 is 0.791 bits per heavy atom. The minimum Gasteiger partial charge on any atom is -0.508 e. The summed E-state index contributed by atoms with van der Waals surface area (Å²) in [6.07, 6.45) is -0.0256. The zero-order valence-electron chi connectivity index (χ0n) is 23.5. The van der Waals surface area contributed by atoms with E-state index in [4.69, 9.17) is 4.74 Å². The number of benzene rings is 5. The van der Waals surface area contributed by atoms with Crippen molar-refractivity contribution in [3.8, 4) is 22.6 Å². The van der Waals surface area contributed by atoms with Gasteiger partial charge in [0.15, 0.2) is 0 Å². The van der Waals surface area contributed by atoms with Gasteiger partial charge in [0, 0.05) is 11.3 Å². The number of phenolic OH excluding ortho intramolecular Hbond substituents is 1. The van der Waals surface area contributed by atoms with Gasteiger partial charge in [-0.25, -0.2) is 4.39 Å². The number of aliphatic hydroxyl groups is 1. The number of aliphatic hydroxyl groups excluding tert-OH is 1. The molecule has 0 aromatic heterocycles. The molecule has 3 atom stereocenters. The number of carbonyl (C=O) groups excluding carboxylic acids is 1. The number of phenols is 1. The highest BCUT2D eigenvalue weighted by atomic mass is 19.1. The van der Waals surface area contributed by atoms with Gasteiger partial charge in [-0.1, -0.05) is 84.9 Å². The number of β-lactam (4-membered cyclic amide) rings is 1. The molecule has 0 radical (unpaired) electrons. The summed E-state index contributed by atoms with van der Waals surface area (Å²) >= 11 is 0. The van der Waals surface area contributed by atoms with Crippen molar-refractivity contribution in [1.82, 2.24) is 0 Å². The highest BCUT2D eigenvalue weighted by Crippen LogP contribution is 2.49. The summed E-state index contributed by atoms with van der Waals surface area (Å²) in [5.74, 6) is 0.0515. The molecular weight excluding hydrogens is 541 g/mol. The molecule has 0 bridgehead atoms. The smallest absolute Gasteiger partial charge is 0.233 e. The van der Waals surface area contributed by atoms with Crippen LogP contribution >= 0.6 is 0 Å². The molecule has 5 aromatic carbocycles. The van der Waals surface area contributed by atoms with Crippen molar-refractivity contribution >= 4 is 11.6 Å². The number of hydrogen-bond acceptors (Lipinski definition) is 4. The fourth-order valence-corrected chi connectivity index (χ4v) is 5.76. The fourth-order valence-electron chi connectivity index (χ4n) is 5.76. The number of amides is 1. The Kier molecular flexibility index (Phi) is 8.20. The minimum atomic E-state index is -0.818. The Hall–Kier alpha value is -4.94. The largest absolute Gasteiger partial charge is 0.508 e. The average molecular weight is 574 g/mol. The fraction of sp³-hybridized carbons (Fsp3) is 0.162. The summed E-state index contributed by atoms with van der Waals surface area (Å²) in [5.41, 5.74) is 5.01. The average Bonchev–Trinajstić information content (AvgIpc) is 3.04. The maximum absolute atomic E-state index is 13.7. The molecule has 2 N–H and O–H groups in total. The first-order chi connectivity index (χ1) is 21.0. The molecule has 0 saturated carbocycles. The SMILES string of the molecule is O=C1[C@H](CC[C@H](O)c2ccc(F)cc2)[C@@H](c2ccc(-c3cccc(O)c3)cc2OCc2ccccc2)N1c1ccccc1. The first-order valence-electron chi connectivity index (χ1n) is 14.4. The molecule has 0 aliphatic carbocycles. The van der Waals surface area contributed by atoms with Gasteiger partial charge in [-0.3, -0.25) is 4.79 Å². The maximum atomic E-state index is 13.7. The van der Waals surface area contributed by atoms with E-state index in [1.54, 1.807) is 35.2 Å². The molecule has 216 valence electrons. The molecular formula is C37H32FNO4. The van der Waals surface area contributed by atoms with E-state index >= 15 is 0 Å². The van der Waals surface area contributed by atoms with E-state index in [0.717, 1.165) is 27.9 Å². The zero-order valence-corrected chi connectivity index (χ0v) is 23.5. The van der Waals surface area contributed by atoms with E-state index in [2.05, 4.69) is 0 Å². The molecule has 0 spiro atoms. The number of aromatic hydroxyl groups is 1. The zero-order chi connectivity index (χ0) is 29.8. The summed E-state index contributed by atoms with van der Waals surface area (Å²) in [6, 6.07) is 38.0. The number of para-hydroxylation sites is 1. The van der Waals surface area contributed by atoms with Crippen LogP contribution in [0.5, 0.6) is 11.5 Å². The lowest BCUT2D eigenvalue weighted by Crippen LogP contribution is -2.55. The van der Waals surface area contributed by atoms with E-state index in [9.17, 15) is 19.4 Å². The lowest BCUT2D eigenvalue weighted by Gasteiger charge is -2.48. The van der Waals surface area contributed by atoms with Crippen LogP contribution in [0.4, 0.5) is 10.1 Å². The molecule has 1 amide bonds.